The molecule has 0 radical (unpaired) electrons. The molecule has 4 nitrogen and oxygen atoms in total. The van der Waals surface area contributed by atoms with Crippen LogP contribution in [-0.2, 0) is 11.3 Å². The number of fused-ring (bicyclic) bond motifs is 1. The summed E-state index contributed by atoms with van der Waals surface area (Å²) in [5.74, 6) is -0.259. The highest BCUT2D eigenvalue weighted by Gasteiger charge is 2.27. The van der Waals surface area contributed by atoms with Crippen LogP contribution in [0.5, 0.6) is 5.75 Å². The van der Waals surface area contributed by atoms with Crippen LogP contribution in [0.4, 0.5) is 10.1 Å². The van der Waals surface area contributed by atoms with Crippen LogP contribution < -0.4 is 10.1 Å². The maximum Gasteiger partial charge on any atom is 0.348 e. The first-order valence-corrected chi connectivity index (χ1v) is 12.2. The normalized spacial score (nSPS) is 14.3. The van der Waals surface area contributed by atoms with E-state index in [1.807, 2.05) is 39.0 Å². The summed E-state index contributed by atoms with van der Waals surface area (Å²) in [6.45, 7) is 12.1. The summed E-state index contributed by atoms with van der Waals surface area (Å²) in [5.41, 5.74) is 5.31. The fourth-order valence-corrected chi connectivity index (χ4v) is 5.19. The number of esters is 1. The number of benzene rings is 2. The van der Waals surface area contributed by atoms with Gasteiger partial charge in [0.05, 0.1) is 11.6 Å². The third-order valence-corrected chi connectivity index (χ3v) is 6.61. The van der Waals surface area contributed by atoms with Crippen LogP contribution in [0.3, 0.4) is 0 Å². The molecule has 178 valence electrons. The molecule has 4 rings (SSSR count). The molecule has 2 aromatic carbocycles. The van der Waals surface area contributed by atoms with Crippen LogP contribution in [0.25, 0.3) is 16.7 Å². The smallest absolute Gasteiger partial charge is 0.348 e. The van der Waals surface area contributed by atoms with E-state index in [4.69, 9.17) is 9.47 Å². The lowest BCUT2D eigenvalue weighted by Crippen LogP contribution is -2.32. The van der Waals surface area contributed by atoms with E-state index in [9.17, 15) is 9.18 Å². The van der Waals surface area contributed by atoms with Gasteiger partial charge < -0.3 is 14.8 Å². The number of anilines is 1. The summed E-state index contributed by atoms with van der Waals surface area (Å²) >= 11 is 1.41. The van der Waals surface area contributed by atoms with Gasteiger partial charge in [0.2, 0.25) is 0 Å². The number of hydrogen-bond acceptors (Lipinski definition) is 5. The van der Waals surface area contributed by atoms with Gasteiger partial charge in [0, 0.05) is 33.3 Å². The molecule has 34 heavy (non-hydrogen) atoms. The van der Waals surface area contributed by atoms with Crippen LogP contribution in [0.1, 0.15) is 60.3 Å². The Hall–Kier alpha value is -3.12. The summed E-state index contributed by atoms with van der Waals surface area (Å²) in [6, 6.07) is 12.3. The van der Waals surface area contributed by atoms with Gasteiger partial charge in [-0.2, -0.15) is 0 Å². The third kappa shape index (κ3) is 5.02. The van der Waals surface area contributed by atoms with Crippen molar-refractivity contribution in [3.8, 4) is 16.9 Å². The number of ether oxygens (including phenoxy) is 2. The first kappa shape index (κ1) is 24.0. The van der Waals surface area contributed by atoms with Gasteiger partial charge in [-0.1, -0.05) is 12.1 Å². The molecule has 0 saturated heterocycles. The van der Waals surface area contributed by atoms with Crippen LogP contribution in [0.2, 0.25) is 0 Å². The molecule has 3 aromatic rings. The van der Waals surface area contributed by atoms with Crippen molar-refractivity contribution in [2.45, 2.75) is 59.8 Å². The van der Waals surface area contributed by atoms with Crippen molar-refractivity contribution in [2.75, 3.05) is 5.32 Å². The van der Waals surface area contributed by atoms with Gasteiger partial charge in [-0.15, -0.1) is 11.3 Å². The molecule has 0 unspecified atom stereocenters. The van der Waals surface area contributed by atoms with Crippen molar-refractivity contribution in [1.82, 2.24) is 0 Å². The highest BCUT2D eigenvalue weighted by atomic mass is 32.1. The number of halogens is 1. The highest BCUT2D eigenvalue weighted by molar-refractivity contribution is 7.13. The minimum absolute atomic E-state index is 0.0834. The first-order chi connectivity index (χ1) is 16.0. The SMILES string of the molecule is CC1=CC(C)(C)Nc2ccc(-c3ccc(F)cc3OC(C)C)c(COC(=O)c3ccc(C)s3)c21. The summed E-state index contributed by atoms with van der Waals surface area (Å²) in [5, 5.41) is 3.56. The number of hydrogen-bond donors (Lipinski definition) is 1. The standard InChI is InChI=1S/C28H30FNO3S/c1-16(2)33-24-13-19(29)8-9-21(24)20-10-11-23-26(17(3)14-28(5,6)30-23)22(20)15-32-27(31)25-12-7-18(4)34-25/h7-14,16,30H,15H2,1-6H3. The highest BCUT2D eigenvalue weighted by Crippen LogP contribution is 2.43. The molecule has 1 aliphatic heterocycles. The van der Waals surface area contributed by atoms with E-state index < -0.39 is 0 Å². The number of nitrogens with one attached hydrogen (secondary N) is 1. The predicted octanol–water partition coefficient (Wildman–Crippen LogP) is 7.61. The van der Waals surface area contributed by atoms with Crippen molar-refractivity contribution < 1.29 is 18.7 Å². The lowest BCUT2D eigenvalue weighted by molar-refractivity contribution is 0.0479. The minimum atomic E-state index is -0.363. The quantitative estimate of drug-likeness (QED) is 0.370. The maximum absolute atomic E-state index is 14.1. The van der Waals surface area contributed by atoms with Crippen molar-refractivity contribution >= 4 is 28.6 Å². The lowest BCUT2D eigenvalue weighted by Gasteiger charge is -2.33. The second kappa shape index (κ2) is 9.26. The number of allylic oxidation sites excluding steroid dienone is 1. The number of carbonyl (C=O) groups is 1. The summed E-state index contributed by atoms with van der Waals surface area (Å²) < 4.78 is 25.9. The Kier molecular flexibility index (Phi) is 6.54. The van der Waals surface area contributed by atoms with Crippen molar-refractivity contribution in [3.63, 3.8) is 0 Å². The van der Waals surface area contributed by atoms with Gasteiger partial charge in [-0.3, -0.25) is 0 Å². The predicted molar refractivity (Wildman–Crippen MR) is 137 cm³/mol. The Labute approximate surface area is 204 Å². The van der Waals surface area contributed by atoms with E-state index in [0.717, 1.165) is 38.4 Å². The molecule has 0 saturated carbocycles. The summed E-state index contributed by atoms with van der Waals surface area (Å²) in [6.07, 6.45) is 2.05. The maximum atomic E-state index is 14.1. The molecule has 0 fully saturated rings. The number of carbonyl (C=O) groups excluding carboxylic acids is 1. The van der Waals surface area contributed by atoms with Gasteiger partial charge in [0.15, 0.2) is 0 Å². The molecule has 1 N–H and O–H groups in total. The van der Waals surface area contributed by atoms with E-state index in [1.54, 1.807) is 12.1 Å². The molecular weight excluding hydrogens is 449 g/mol. The average Bonchev–Trinajstić information content (AvgIpc) is 3.17. The molecule has 1 aromatic heterocycles. The molecule has 0 spiro atoms. The molecule has 0 bridgehead atoms. The zero-order valence-corrected chi connectivity index (χ0v) is 21.2. The second-order valence-corrected chi connectivity index (χ2v) is 10.8. The van der Waals surface area contributed by atoms with Gasteiger partial charge in [-0.05, 0) is 83.0 Å². The Morgan fingerprint density at radius 3 is 2.50 bits per heavy atom. The van der Waals surface area contributed by atoms with E-state index in [0.29, 0.717) is 10.6 Å². The van der Waals surface area contributed by atoms with Gasteiger partial charge in [0.1, 0.15) is 23.1 Å². The fourth-order valence-electron chi connectivity index (χ4n) is 4.42. The molecule has 1 aliphatic rings. The van der Waals surface area contributed by atoms with E-state index in [-0.39, 0.29) is 30.0 Å². The second-order valence-electron chi connectivity index (χ2n) is 9.48. The number of aryl methyl sites for hydroxylation is 1. The molecule has 0 amide bonds. The van der Waals surface area contributed by atoms with Crippen LogP contribution in [0.15, 0.2) is 48.5 Å². The van der Waals surface area contributed by atoms with Crippen LogP contribution >= 0.6 is 11.3 Å². The molecule has 2 heterocycles. The zero-order valence-electron chi connectivity index (χ0n) is 20.4. The third-order valence-electron chi connectivity index (χ3n) is 5.63. The van der Waals surface area contributed by atoms with E-state index in [2.05, 4.69) is 32.2 Å². The topological polar surface area (TPSA) is 47.6 Å². The molecule has 0 aliphatic carbocycles. The minimum Gasteiger partial charge on any atom is -0.490 e. The number of rotatable bonds is 6. The van der Waals surface area contributed by atoms with Crippen LogP contribution in [0, 0.1) is 12.7 Å². The fraction of sp³-hybridized carbons (Fsp3) is 0.321. The van der Waals surface area contributed by atoms with E-state index in [1.165, 1.54) is 23.5 Å². The molecular formula is C28H30FNO3S. The Morgan fingerprint density at radius 1 is 1.09 bits per heavy atom. The molecule has 0 atom stereocenters. The Bertz CT molecular complexity index is 1270. The summed E-state index contributed by atoms with van der Waals surface area (Å²) in [4.78, 5) is 14.4. The summed E-state index contributed by atoms with van der Waals surface area (Å²) in [7, 11) is 0. The number of thiophene rings is 1. The van der Waals surface area contributed by atoms with Crippen LogP contribution in [-0.4, -0.2) is 17.6 Å². The van der Waals surface area contributed by atoms with Gasteiger partial charge >= 0.3 is 5.97 Å². The van der Waals surface area contributed by atoms with Gasteiger partial charge in [0.25, 0.3) is 0 Å². The lowest BCUT2D eigenvalue weighted by atomic mass is 9.85. The van der Waals surface area contributed by atoms with Crippen molar-refractivity contribution in [1.29, 1.82) is 0 Å². The zero-order chi connectivity index (χ0) is 24.6. The van der Waals surface area contributed by atoms with E-state index >= 15 is 0 Å². The monoisotopic (exact) mass is 479 g/mol. The first-order valence-electron chi connectivity index (χ1n) is 11.4. The Balaban J connectivity index is 1.83. The van der Waals surface area contributed by atoms with Crippen molar-refractivity contribution in [3.05, 3.63) is 75.2 Å². The van der Waals surface area contributed by atoms with Crippen molar-refractivity contribution in [2.24, 2.45) is 0 Å². The Morgan fingerprint density at radius 2 is 1.82 bits per heavy atom. The van der Waals surface area contributed by atoms with Gasteiger partial charge in [-0.25, -0.2) is 9.18 Å². The largest absolute Gasteiger partial charge is 0.490 e. The average molecular weight is 480 g/mol. The molecule has 6 heteroatoms.